The van der Waals surface area contributed by atoms with Crippen LogP contribution in [0.5, 0.6) is 0 Å². The molecule has 0 saturated carbocycles. The molecule has 0 amide bonds. The molecule has 3 N–H and O–H groups in total. The summed E-state index contributed by atoms with van der Waals surface area (Å²) in [7, 11) is 0. The summed E-state index contributed by atoms with van der Waals surface area (Å²) in [5.74, 6) is 0. The molecule has 0 unspecified atom stereocenters. The van der Waals surface area contributed by atoms with E-state index in [0.29, 0.717) is 5.15 Å². The van der Waals surface area contributed by atoms with Gasteiger partial charge in [0, 0.05) is 23.3 Å². The van der Waals surface area contributed by atoms with E-state index in [1.807, 2.05) is 54.6 Å². The first-order valence-corrected chi connectivity index (χ1v) is 8.64. The number of nitrogens with one attached hydrogen (secondary N) is 2. The van der Waals surface area contributed by atoms with Gasteiger partial charge < -0.3 is 10.4 Å². The number of fused-ring (bicyclic) bond motifs is 1. The van der Waals surface area contributed by atoms with Gasteiger partial charge in [0.15, 0.2) is 0 Å². The van der Waals surface area contributed by atoms with Crippen LogP contribution in [0.4, 0.5) is 5.69 Å². The molecule has 0 fully saturated rings. The molecule has 2 heterocycles. The molecule has 0 aliphatic rings. The molecule has 4 rings (SSSR count). The van der Waals surface area contributed by atoms with Crippen molar-refractivity contribution in [1.29, 1.82) is 0 Å². The van der Waals surface area contributed by atoms with Gasteiger partial charge in [0.25, 0.3) is 0 Å². The summed E-state index contributed by atoms with van der Waals surface area (Å²) in [4.78, 5) is 4.33. The molecule has 1 atom stereocenters. The van der Waals surface area contributed by atoms with Gasteiger partial charge in [-0.15, -0.1) is 0 Å². The van der Waals surface area contributed by atoms with E-state index < -0.39 is 0 Å². The average molecular weight is 365 g/mol. The van der Waals surface area contributed by atoms with Crippen LogP contribution >= 0.6 is 11.6 Å². The Labute approximate surface area is 155 Å². The highest BCUT2D eigenvalue weighted by atomic mass is 35.5. The smallest absolute Gasteiger partial charge is 0.132 e. The van der Waals surface area contributed by atoms with Gasteiger partial charge in [-0.05, 0) is 29.3 Å². The molecule has 0 radical (unpaired) electrons. The number of hydrogen-bond acceptors (Lipinski definition) is 4. The third-order valence-corrected chi connectivity index (χ3v) is 4.59. The highest BCUT2D eigenvalue weighted by Crippen LogP contribution is 2.29. The number of aromatic nitrogens is 3. The Morgan fingerprint density at radius 1 is 1.04 bits per heavy atom. The van der Waals surface area contributed by atoms with E-state index in [9.17, 15) is 5.11 Å². The predicted octanol–water partition coefficient (Wildman–Crippen LogP) is 4.42. The van der Waals surface area contributed by atoms with Crippen LogP contribution in [-0.2, 0) is 0 Å². The standard InChI is InChI=1S/C20H17ClN4O/c21-20-17-9-14(6-7-18(17)24-25-20)15-8-16(11-22-10-15)23-19(12-26)13-4-2-1-3-5-13/h1-11,19,23,26H,12H2,(H,24,25)/t19-/m0/s1. The zero-order chi connectivity index (χ0) is 17.9. The Bertz CT molecular complexity index is 1030. The fourth-order valence-corrected chi connectivity index (χ4v) is 3.15. The SMILES string of the molecule is OC[C@H](Nc1cncc(-c2ccc3n[nH]c(Cl)c3c2)c1)c1ccccc1. The van der Waals surface area contributed by atoms with Crippen LogP contribution in [-0.4, -0.2) is 26.9 Å². The lowest BCUT2D eigenvalue weighted by Crippen LogP contribution is -2.14. The number of rotatable bonds is 5. The number of nitrogens with zero attached hydrogens (tertiary/aromatic N) is 2. The van der Waals surface area contributed by atoms with E-state index in [-0.39, 0.29) is 12.6 Å². The number of hydrogen-bond donors (Lipinski definition) is 3. The molecule has 0 bridgehead atoms. The van der Waals surface area contributed by atoms with Gasteiger partial charge >= 0.3 is 0 Å². The third-order valence-electron chi connectivity index (χ3n) is 4.30. The second-order valence-electron chi connectivity index (χ2n) is 6.02. The fourth-order valence-electron chi connectivity index (χ4n) is 2.96. The van der Waals surface area contributed by atoms with Crippen LogP contribution in [0.15, 0.2) is 67.0 Å². The normalized spacial score (nSPS) is 12.2. The van der Waals surface area contributed by atoms with E-state index in [1.165, 1.54) is 0 Å². The summed E-state index contributed by atoms with van der Waals surface area (Å²) < 4.78 is 0. The molecule has 6 heteroatoms. The molecule has 2 aromatic heterocycles. The number of halogens is 1. The molecule has 130 valence electrons. The average Bonchev–Trinajstić information content (AvgIpc) is 3.07. The summed E-state index contributed by atoms with van der Waals surface area (Å²) in [6, 6.07) is 17.6. The van der Waals surface area contributed by atoms with Gasteiger partial charge in [-0.3, -0.25) is 10.1 Å². The predicted molar refractivity (Wildman–Crippen MR) is 104 cm³/mol. The number of aromatic amines is 1. The van der Waals surface area contributed by atoms with Crippen molar-refractivity contribution in [3.8, 4) is 11.1 Å². The minimum atomic E-state index is -0.195. The Morgan fingerprint density at radius 2 is 1.88 bits per heavy atom. The van der Waals surface area contributed by atoms with E-state index in [1.54, 1.807) is 12.4 Å². The quantitative estimate of drug-likeness (QED) is 0.490. The largest absolute Gasteiger partial charge is 0.394 e. The number of aliphatic hydroxyl groups excluding tert-OH is 1. The van der Waals surface area contributed by atoms with Gasteiger partial charge in [-0.25, -0.2) is 0 Å². The van der Waals surface area contributed by atoms with Crippen molar-refractivity contribution in [3.05, 3.63) is 77.7 Å². The summed E-state index contributed by atoms with van der Waals surface area (Å²) in [6.07, 6.45) is 3.55. The monoisotopic (exact) mass is 364 g/mol. The zero-order valence-electron chi connectivity index (χ0n) is 13.9. The Kier molecular flexibility index (Phi) is 4.56. The van der Waals surface area contributed by atoms with E-state index in [2.05, 4.69) is 20.5 Å². The highest BCUT2D eigenvalue weighted by molar-refractivity contribution is 6.34. The summed E-state index contributed by atoms with van der Waals surface area (Å²) in [6.45, 7) is -0.00910. The van der Waals surface area contributed by atoms with E-state index >= 15 is 0 Å². The van der Waals surface area contributed by atoms with Crippen molar-refractivity contribution >= 4 is 28.2 Å². The van der Waals surface area contributed by atoms with E-state index in [0.717, 1.165) is 33.3 Å². The van der Waals surface area contributed by atoms with Crippen LogP contribution in [0.25, 0.3) is 22.0 Å². The Morgan fingerprint density at radius 3 is 2.69 bits per heavy atom. The van der Waals surface area contributed by atoms with Crippen LogP contribution in [0.1, 0.15) is 11.6 Å². The number of H-pyrrole nitrogens is 1. The lowest BCUT2D eigenvalue weighted by atomic mass is 10.0. The van der Waals surface area contributed by atoms with Crippen molar-refractivity contribution < 1.29 is 5.11 Å². The molecule has 26 heavy (non-hydrogen) atoms. The van der Waals surface area contributed by atoms with Gasteiger partial charge in [0.1, 0.15) is 5.15 Å². The minimum Gasteiger partial charge on any atom is -0.394 e. The van der Waals surface area contributed by atoms with Crippen LogP contribution in [0, 0.1) is 0 Å². The molecule has 2 aromatic carbocycles. The zero-order valence-corrected chi connectivity index (χ0v) is 14.6. The number of benzene rings is 2. The molecule has 0 spiro atoms. The first kappa shape index (κ1) is 16.6. The van der Waals surface area contributed by atoms with E-state index in [4.69, 9.17) is 11.6 Å². The summed E-state index contributed by atoms with van der Waals surface area (Å²) >= 11 is 6.14. The van der Waals surface area contributed by atoms with Gasteiger partial charge in [-0.2, -0.15) is 5.10 Å². The van der Waals surface area contributed by atoms with Crippen molar-refractivity contribution in [2.75, 3.05) is 11.9 Å². The van der Waals surface area contributed by atoms with Crippen molar-refractivity contribution in [3.63, 3.8) is 0 Å². The summed E-state index contributed by atoms with van der Waals surface area (Å²) in [5.41, 5.74) is 4.64. The molecule has 0 saturated heterocycles. The van der Waals surface area contributed by atoms with Crippen molar-refractivity contribution in [1.82, 2.24) is 15.2 Å². The Balaban J connectivity index is 1.64. The van der Waals surface area contributed by atoms with Gasteiger partial charge in [-0.1, -0.05) is 48.0 Å². The van der Waals surface area contributed by atoms with Crippen LogP contribution in [0.3, 0.4) is 0 Å². The fraction of sp³-hybridized carbons (Fsp3) is 0.100. The van der Waals surface area contributed by atoms with Gasteiger partial charge in [0.05, 0.1) is 23.9 Å². The number of anilines is 1. The summed E-state index contributed by atoms with van der Waals surface area (Å²) in [5, 5.41) is 21.4. The maximum Gasteiger partial charge on any atom is 0.132 e. The maximum atomic E-state index is 9.74. The lowest BCUT2D eigenvalue weighted by Gasteiger charge is -2.18. The third kappa shape index (κ3) is 3.27. The maximum absolute atomic E-state index is 9.74. The molecule has 0 aliphatic carbocycles. The van der Waals surface area contributed by atoms with Crippen molar-refractivity contribution in [2.45, 2.75) is 6.04 Å². The minimum absolute atomic E-state index is 0.00910. The second-order valence-corrected chi connectivity index (χ2v) is 6.40. The van der Waals surface area contributed by atoms with Crippen molar-refractivity contribution in [2.24, 2.45) is 0 Å². The first-order valence-electron chi connectivity index (χ1n) is 8.26. The Hall–Kier alpha value is -2.89. The van der Waals surface area contributed by atoms with Gasteiger partial charge in [0.2, 0.25) is 0 Å². The molecular formula is C20H17ClN4O. The topological polar surface area (TPSA) is 73.8 Å². The lowest BCUT2D eigenvalue weighted by molar-refractivity contribution is 0.276. The van der Waals surface area contributed by atoms with Crippen LogP contribution in [0.2, 0.25) is 5.15 Å². The number of aliphatic hydroxyl groups is 1. The number of pyridine rings is 1. The highest BCUT2D eigenvalue weighted by Gasteiger charge is 2.11. The molecule has 4 aromatic rings. The first-order chi connectivity index (χ1) is 12.7. The molecule has 0 aliphatic heterocycles. The van der Waals surface area contributed by atoms with Crippen LogP contribution < -0.4 is 5.32 Å². The molecular weight excluding hydrogens is 348 g/mol. The second kappa shape index (κ2) is 7.15. The molecule has 5 nitrogen and oxygen atoms in total.